The lowest BCUT2D eigenvalue weighted by molar-refractivity contribution is 0.792. The number of nitrogens with two attached hydrogens (primary N) is 1. The van der Waals surface area contributed by atoms with E-state index in [1.165, 1.54) is 5.56 Å². The smallest absolute Gasteiger partial charge is 0.221 e. The molecule has 2 N–H and O–H groups in total. The van der Waals surface area contributed by atoms with Crippen LogP contribution in [0, 0.1) is 0 Å². The largest absolute Gasteiger partial charge is 0.368 e. The molecule has 3 nitrogen and oxygen atoms in total. The van der Waals surface area contributed by atoms with E-state index in [-0.39, 0.29) is 0 Å². The first-order chi connectivity index (χ1) is 10.8. The Hall–Kier alpha value is -2.20. The van der Waals surface area contributed by atoms with Crippen molar-refractivity contribution in [3.8, 4) is 21.8 Å². The Morgan fingerprint density at radius 1 is 1.00 bits per heavy atom. The number of thiophene rings is 1. The first kappa shape index (κ1) is 14.7. The fourth-order valence-electron chi connectivity index (χ4n) is 2.54. The van der Waals surface area contributed by atoms with Crippen LogP contribution in [0.15, 0.2) is 47.8 Å². The summed E-state index contributed by atoms with van der Waals surface area (Å²) in [5.74, 6) is 0.336. The molecule has 0 amide bonds. The zero-order valence-corrected chi connectivity index (χ0v) is 13.4. The fraction of sp³-hybridized carbons (Fsp3) is 0.222. The summed E-state index contributed by atoms with van der Waals surface area (Å²) >= 11 is 1.69. The summed E-state index contributed by atoms with van der Waals surface area (Å²) < 4.78 is 0. The first-order valence-electron chi connectivity index (χ1n) is 7.55. The Morgan fingerprint density at radius 2 is 1.77 bits per heavy atom. The van der Waals surface area contributed by atoms with Gasteiger partial charge in [0.2, 0.25) is 5.95 Å². The molecule has 4 heteroatoms. The molecule has 0 aliphatic carbocycles. The van der Waals surface area contributed by atoms with Crippen LogP contribution in [0.1, 0.15) is 25.3 Å². The molecule has 0 saturated carbocycles. The molecule has 0 fully saturated rings. The standard InChI is InChI=1S/C18H19N3S/c1-2-3-10-14-16(13-8-5-4-6-9-13)20-18(19)21-17(14)15-11-7-12-22-15/h4-9,11-12H,2-3,10H2,1H3,(H2,19,20,21). The Kier molecular flexibility index (Phi) is 4.49. The van der Waals surface area contributed by atoms with Gasteiger partial charge in [0, 0.05) is 11.1 Å². The van der Waals surface area contributed by atoms with Gasteiger partial charge >= 0.3 is 0 Å². The minimum absolute atomic E-state index is 0.336. The predicted molar refractivity (Wildman–Crippen MR) is 93.8 cm³/mol. The van der Waals surface area contributed by atoms with Gasteiger partial charge in [-0.1, -0.05) is 49.7 Å². The number of unbranched alkanes of at least 4 members (excludes halogenated alkanes) is 1. The summed E-state index contributed by atoms with van der Waals surface area (Å²) in [7, 11) is 0. The van der Waals surface area contributed by atoms with Crippen molar-refractivity contribution < 1.29 is 0 Å². The third-order valence-corrected chi connectivity index (χ3v) is 4.48. The highest BCUT2D eigenvalue weighted by atomic mass is 32.1. The Balaban J connectivity index is 2.20. The van der Waals surface area contributed by atoms with Crippen molar-refractivity contribution in [3.05, 3.63) is 53.4 Å². The van der Waals surface area contributed by atoms with Crippen molar-refractivity contribution in [1.82, 2.24) is 9.97 Å². The van der Waals surface area contributed by atoms with Crippen molar-refractivity contribution in [3.63, 3.8) is 0 Å². The lowest BCUT2D eigenvalue weighted by atomic mass is 9.99. The van der Waals surface area contributed by atoms with Crippen LogP contribution in [0.5, 0.6) is 0 Å². The van der Waals surface area contributed by atoms with Crippen molar-refractivity contribution in [2.24, 2.45) is 0 Å². The lowest BCUT2D eigenvalue weighted by Gasteiger charge is -2.13. The van der Waals surface area contributed by atoms with Crippen LogP contribution >= 0.6 is 11.3 Å². The number of hydrogen-bond acceptors (Lipinski definition) is 4. The van der Waals surface area contributed by atoms with Gasteiger partial charge in [-0.15, -0.1) is 11.3 Å². The van der Waals surface area contributed by atoms with E-state index in [4.69, 9.17) is 5.73 Å². The van der Waals surface area contributed by atoms with E-state index >= 15 is 0 Å². The molecular weight excluding hydrogens is 290 g/mol. The summed E-state index contributed by atoms with van der Waals surface area (Å²) in [4.78, 5) is 10.2. The molecule has 2 aromatic heterocycles. The topological polar surface area (TPSA) is 51.8 Å². The molecule has 0 atom stereocenters. The Bertz CT molecular complexity index is 737. The van der Waals surface area contributed by atoms with E-state index in [1.54, 1.807) is 11.3 Å². The van der Waals surface area contributed by atoms with Gasteiger partial charge in [0.1, 0.15) is 0 Å². The van der Waals surface area contributed by atoms with E-state index in [9.17, 15) is 0 Å². The third kappa shape index (κ3) is 3.02. The van der Waals surface area contributed by atoms with Gasteiger partial charge in [0.05, 0.1) is 16.3 Å². The monoisotopic (exact) mass is 309 g/mol. The van der Waals surface area contributed by atoms with Gasteiger partial charge in [-0.2, -0.15) is 0 Å². The number of aromatic nitrogens is 2. The maximum Gasteiger partial charge on any atom is 0.221 e. The summed E-state index contributed by atoms with van der Waals surface area (Å²) in [5.41, 5.74) is 10.2. The average Bonchev–Trinajstić information content (AvgIpc) is 3.08. The van der Waals surface area contributed by atoms with Crippen LogP contribution in [0.25, 0.3) is 21.8 Å². The Labute approximate surface area is 134 Å². The highest BCUT2D eigenvalue weighted by molar-refractivity contribution is 7.13. The molecular formula is C18H19N3S. The number of rotatable bonds is 5. The molecule has 22 heavy (non-hydrogen) atoms. The van der Waals surface area contributed by atoms with Crippen molar-refractivity contribution in [2.75, 3.05) is 5.73 Å². The molecule has 0 bridgehead atoms. The van der Waals surface area contributed by atoms with Crippen molar-refractivity contribution in [1.29, 1.82) is 0 Å². The molecule has 0 unspecified atom stereocenters. The van der Waals surface area contributed by atoms with Gasteiger partial charge in [-0.25, -0.2) is 9.97 Å². The van der Waals surface area contributed by atoms with Gasteiger partial charge in [0.15, 0.2) is 0 Å². The van der Waals surface area contributed by atoms with Gasteiger partial charge < -0.3 is 5.73 Å². The maximum absolute atomic E-state index is 5.98. The first-order valence-corrected chi connectivity index (χ1v) is 8.43. The number of nitrogens with zero attached hydrogens (tertiary/aromatic N) is 2. The van der Waals surface area contributed by atoms with Crippen LogP contribution in [-0.4, -0.2) is 9.97 Å². The van der Waals surface area contributed by atoms with Gasteiger partial charge in [-0.3, -0.25) is 0 Å². The van der Waals surface area contributed by atoms with E-state index in [1.807, 2.05) is 24.3 Å². The van der Waals surface area contributed by atoms with Crippen LogP contribution in [0.3, 0.4) is 0 Å². The number of nitrogen functional groups attached to an aromatic ring is 1. The molecule has 0 aliphatic heterocycles. The van der Waals surface area contributed by atoms with Gasteiger partial charge in [-0.05, 0) is 24.3 Å². The normalized spacial score (nSPS) is 10.8. The maximum atomic E-state index is 5.98. The third-order valence-electron chi connectivity index (χ3n) is 3.61. The zero-order valence-electron chi connectivity index (χ0n) is 12.6. The van der Waals surface area contributed by atoms with E-state index < -0.39 is 0 Å². The molecule has 0 spiro atoms. The quantitative estimate of drug-likeness (QED) is 0.736. The molecule has 1 aromatic carbocycles. The van der Waals surface area contributed by atoms with Crippen molar-refractivity contribution in [2.45, 2.75) is 26.2 Å². The number of benzene rings is 1. The molecule has 0 aliphatic rings. The SMILES string of the molecule is CCCCc1c(-c2ccccc2)nc(N)nc1-c1cccs1. The second-order valence-corrected chi connectivity index (χ2v) is 6.15. The van der Waals surface area contributed by atoms with E-state index in [0.29, 0.717) is 5.95 Å². The zero-order chi connectivity index (χ0) is 15.4. The minimum atomic E-state index is 0.336. The Morgan fingerprint density at radius 3 is 2.45 bits per heavy atom. The minimum Gasteiger partial charge on any atom is -0.368 e. The van der Waals surface area contributed by atoms with Gasteiger partial charge in [0.25, 0.3) is 0 Å². The number of anilines is 1. The van der Waals surface area contributed by atoms with Crippen LogP contribution < -0.4 is 5.73 Å². The highest BCUT2D eigenvalue weighted by Gasteiger charge is 2.16. The van der Waals surface area contributed by atoms with E-state index in [0.717, 1.165) is 41.1 Å². The molecule has 0 saturated heterocycles. The molecule has 112 valence electrons. The summed E-state index contributed by atoms with van der Waals surface area (Å²) in [6.07, 6.45) is 3.22. The average molecular weight is 309 g/mol. The second-order valence-electron chi connectivity index (χ2n) is 5.20. The van der Waals surface area contributed by atoms with Crippen LogP contribution in [0.4, 0.5) is 5.95 Å². The molecule has 3 aromatic rings. The molecule has 3 rings (SSSR count). The molecule has 0 radical (unpaired) electrons. The van der Waals surface area contributed by atoms with E-state index in [2.05, 4.69) is 40.5 Å². The van der Waals surface area contributed by atoms with Crippen LogP contribution in [-0.2, 0) is 6.42 Å². The number of hydrogen-bond donors (Lipinski definition) is 1. The summed E-state index contributed by atoms with van der Waals surface area (Å²) in [5, 5.41) is 2.07. The highest BCUT2D eigenvalue weighted by Crippen LogP contribution is 2.33. The lowest BCUT2D eigenvalue weighted by Crippen LogP contribution is -2.04. The summed E-state index contributed by atoms with van der Waals surface area (Å²) in [6.45, 7) is 2.20. The van der Waals surface area contributed by atoms with Crippen molar-refractivity contribution >= 4 is 17.3 Å². The second kappa shape index (κ2) is 6.71. The summed E-state index contributed by atoms with van der Waals surface area (Å²) in [6, 6.07) is 14.4. The molecule has 2 heterocycles. The fourth-order valence-corrected chi connectivity index (χ4v) is 3.28. The predicted octanol–water partition coefficient (Wildman–Crippen LogP) is 4.80. The van der Waals surface area contributed by atoms with Crippen LogP contribution in [0.2, 0.25) is 0 Å².